The second-order valence-electron chi connectivity index (χ2n) is 9.51. The van der Waals surface area contributed by atoms with Crippen LogP contribution in [0, 0.1) is 0 Å². The van der Waals surface area contributed by atoms with E-state index in [1.807, 2.05) is 48.5 Å². The molecule has 0 saturated carbocycles. The van der Waals surface area contributed by atoms with Gasteiger partial charge in [0.15, 0.2) is 0 Å². The summed E-state index contributed by atoms with van der Waals surface area (Å²) in [5, 5.41) is 5.62. The van der Waals surface area contributed by atoms with Crippen molar-refractivity contribution >= 4 is 0 Å². The third kappa shape index (κ3) is 4.54. The van der Waals surface area contributed by atoms with Gasteiger partial charge in [0.25, 0.3) is 11.8 Å². The van der Waals surface area contributed by atoms with Gasteiger partial charge in [-0.2, -0.15) is 0 Å². The second kappa shape index (κ2) is 8.56. The Balaban J connectivity index is 1.14. The zero-order chi connectivity index (χ0) is 24.9. The van der Waals surface area contributed by atoms with Crippen LogP contribution in [0.4, 0.5) is 17.6 Å². The van der Waals surface area contributed by atoms with E-state index in [2.05, 4.69) is 30.6 Å². The molecule has 2 aliphatic rings. The first-order chi connectivity index (χ1) is 17.2. The van der Waals surface area contributed by atoms with Gasteiger partial charge < -0.3 is 20.6 Å². The van der Waals surface area contributed by atoms with E-state index < -0.39 is 23.9 Å². The first-order valence-corrected chi connectivity index (χ1v) is 11.8. The number of nitrogens with zero attached hydrogens (tertiary/aromatic N) is 2. The van der Waals surface area contributed by atoms with Crippen LogP contribution in [-0.4, -0.2) is 44.9 Å². The quantitative estimate of drug-likeness (QED) is 0.276. The molecule has 0 amide bonds. The summed E-state index contributed by atoms with van der Waals surface area (Å²) >= 11 is 0. The Bertz CT molecular complexity index is 1250. The third-order valence-corrected chi connectivity index (χ3v) is 6.80. The molecule has 10 heteroatoms. The average Bonchev–Trinajstić information content (AvgIpc) is 3.65. The Morgan fingerprint density at radius 1 is 0.583 bits per heavy atom. The number of alkyl halides is 4. The summed E-state index contributed by atoms with van der Waals surface area (Å²) in [5.41, 5.74) is 5.40. The lowest BCUT2D eigenvalue weighted by Gasteiger charge is -2.07. The maximum absolute atomic E-state index is 13.5. The van der Waals surface area contributed by atoms with Gasteiger partial charge in [-0.15, -0.1) is 0 Å². The summed E-state index contributed by atoms with van der Waals surface area (Å²) in [6, 6.07) is 14.9. The molecule has 0 bridgehead atoms. The molecule has 4 aromatic rings. The molecule has 0 aliphatic carbocycles. The summed E-state index contributed by atoms with van der Waals surface area (Å²) < 4.78 is 54.0. The van der Waals surface area contributed by atoms with Crippen LogP contribution < -0.4 is 10.6 Å². The Hall–Kier alpha value is -3.50. The number of H-pyrrole nitrogens is 2. The van der Waals surface area contributed by atoms with E-state index in [0.717, 1.165) is 33.6 Å². The second-order valence-corrected chi connectivity index (χ2v) is 9.51. The van der Waals surface area contributed by atoms with Crippen LogP contribution in [0.25, 0.3) is 33.6 Å². The maximum Gasteiger partial charge on any atom is 0.262 e. The topological polar surface area (TPSA) is 81.4 Å². The van der Waals surface area contributed by atoms with Gasteiger partial charge in [0.1, 0.15) is 11.6 Å². The maximum atomic E-state index is 13.5. The van der Waals surface area contributed by atoms with Crippen LogP contribution in [0.5, 0.6) is 0 Å². The standard InChI is InChI=1S/C26H24F4N6/c27-25(28)9-19(33-13-25)23-31-11-21(35-23)17-5-1-15(2-6-17)16-3-7-18(8-4-16)22-12-32-24(36-22)20-10-26(29,30)14-34-20/h1-8,11-12,19-20,33-34H,9-10,13-14H2,(H,31,35)(H,32,36)/t19-,20-/m0/s1. The van der Waals surface area contributed by atoms with Gasteiger partial charge >= 0.3 is 0 Å². The number of halogens is 4. The number of rotatable bonds is 5. The van der Waals surface area contributed by atoms with Crippen LogP contribution in [-0.2, 0) is 0 Å². The van der Waals surface area contributed by atoms with Crippen molar-refractivity contribution in [2.24, 2.45) is 0 Å². The lowest BCUT2D eigenvalue weighted by molar-refractivity contribution is 0.0201. The molecular weight excluding hydrogens is 472 g/mol. The highest BCUT2D eigenvalue weighted by Gasteiger charge is 2.41. The van der Waals surface area contributed by atoms with Gasteiger partial charge in [0.05, 0.1) is 49.0 Å². The van der Waals surface area contributed by atoms with E-state index in [1.54, 1.807) is 12.4 Å². The molecule has 4 heterocycles. The van der Waals surface area contributed by atoms with Crippen LogP contribution in [0.3, 0.4) is 0 Å². The molecule has 6 rings (SSSR count). The van der Waals surface area contributed by atoms with Crippen molar-refractivity contribution in [3.05, 3.63) is 72.6 Å². The largest absolute Gasteiger partial charge is 0.341 e. The molecule has 2 aromatic carbocycles. The van der Waals surface area contributed by atoms with E-state index in [0.29, 0.717) is 11.6 Å². The van der Waals surface area contributed by atoms with Crippen molar-refractivity contribution in [3.63, 3.8) is 0 Å². The molecule has 36 heavy (non-hydrogen) atoms. The van der Waals surface area contributed by atoms with Crippen molar-refractivity contribution in [3.8, 4) is 33.6 Å². The first kappa shape index (κ1) is 22.9. The molecular formula is C26H24F4N6. The van der Waals surface area contributed by atoms with E-state index >= 15 is 0 Å². The van der Waals surface area contributed by atoms with Crippen LogP contribution in [0.15, 0.2) is 60.9 Å². The summed E-state index contributed by atoms with van der Waals surface area (Å²) in [4.78, 5) is 14.9. The summed E-state index contributed by atoms with van der Waals surface area (Å²) in [6.07, 6.45) is 2.81. The molecule has 0 spiro atoms. The first-order valence-electron chi connectivity index (χ1n) is 11.8. The molecule has 6 nitrogen and oxygen atoms in total. The van der Waals surface area contributed by atoms with E-state index in [1.165, 1.54) is 0 Å². The predicted molar refractivity (Wildman–Crippen MR) is 128 cm³/mol. The van der Waals surface area contributed by atoms with Gasteiger partial charge in [-0.1, -0.05) is 48.5 Å². The minimum atomic E-state index is -2.71. The van der Waals surface area contributed by atoms with Crippen molar-refractivity contribution < 1.29 is 17.6 Å². The molecule has 0 radical (unpaired) electrons. The minimum absolute atomic E-state index is 0.262. The fraction of sp³-hybridized carbons (Fsp3) is 0.308. The van der Waals surface area contributed by atoms with Crippen LogP contribution >= 0.6 is 0 Å². The van der Waals surface area contributed by atoms with E-state index in [-0.39, 0.29) is 25.9 Å². The van der Waals surface area contributed by atoms with Gasteiger partial charge in [-0.3, -0.25) is 0 Å². The number of hydrogen-bond donors (Lipinski definition) is 4. The minimum Gasteiger partial charge on any atom is -0.341 e. The number of hydrogen-bond acceptors (Lipinski definition) is 4. The molecule has 2 aromatic heterocycles. The lowest BCUT2D eigenvalue weighted by Crippen LogP contribution is -2.19. The molecule has 186 valence electrons. The molecule has 0 unspecified atom stereocenters. The number of aromatic nitrogens is 4. The number of imidazole rings is 2. The number of benzene rings is 2. The third-order valence-electron chi connectivity index (χ3n) is 6.80. The molecule has 2 atom stereocenters. The monoisotopic (exact) mass is 496 g/mol. The normalized spacial score (nSPS) is 22.8. The van der Waals surface area contributed by atoms with Crippen molar-refractivity contribution in [1.82, 2.24) is 30.6 Å². The van der Waals surface area contributed by atoms with Gasteiger partial charge in [-0.05, 0) is 22.3 Å². The SMILES string of the molecule is FC1(F)CN[C@H](c2ncc(-c3ccc(-c4ccc(-c5cnc([C@@H]6CC(F)(F)CN6)[nH]5)cc4)cc3)[nH]2)C1. The van der Waals surface area contributed by atoms with E-state index in [4.69, 9.17) is 0 Å². The average molecular weight is 497 g/mol. The highest BCUT2D eigenvalue weighted by atomic mass is 19.3. The molecule has 2 aliphatic heterocycles. The van der Waals surface area contributed by atoms with Gasteiger partial charge in [0, 0.05) is 12.8 Å². The van der Waals surface area contributed by atoms with E-state index in [9.17, 15) is 17.6 Å². The Morgan fingerprint density at radius 2 is 0.944 bits per heavy atom. The highest BCUT2D eigenvalue weighted by Crippen LogP contribution is 2.35. The van der Waals surface area contributed by atoms with Gasteiger partial charge in [-0.25, -0.2) is 27.5 Å². The number of nitrogens with one attached hydrogen (secondary N) is 4. The van der Waals surface area contributed by atoms with Crippen molar-refractivity contribution in [2.45, 2.75) is 36.8 Å². The molecule has 2 fully saturated rings. The van der Waals surface area contributed by atoms with Crippen molar-refractivity contribution in [2.75, 3.05) is 13.1 Å². The van der Waals surface area contributed by atoms with Crippen LogP contribution in [0.2, 0.25) is 0 Å². The molecule has 4 N–H and O–H groups in total. The molecule has 2 saturated heterocycles. The summed E-state index contributed by atoms with van der Waals surface area (Å²) in [6.45, 7) is -0.668. The highest BCUT2D eigenvalue weighted by molar-refractivity contribution is 5.71. The summed E-state index contributed by atoms with van der Waals surface area (Å²) in [5.74, 6) is -4.39. The van der Waals surface area contributed by atoms with Crippen molar-refractivity contribution in [1.29, 1.82) is 0 Å². The van der Waals surface area contributed by atoms with Gasteiger partial charge in [0.2, 0.25) is 0 Å². The lowest BCUT2D eigenvalue weighted by atomic mass is 10.0. The zero-order valence-corrected chi connectivity index (χ0v) is 19.2. The fourth-order valence-electron chi connectivity index (χ4n) is 4.82. The Kier molecular flexibility index (Phi) is 5.45. The summed E-state index contributed by atoms with van der Waals surface area (Å²) in [7, 11) is 0. The van der Waals surface area contributed by atoms with Crippen LogP contribution in [0.1, 0.15) is 36.6 Å². The number of aromatic amines is 2. The predicted octanol–water partition coefficient (Wildman–Crippen LogP) is 5.47. The fourth-order valence-corrected chi connectivity index (χ4v) is 4.82. The Labute approximate surface area is 204 Å². The zero-order valence-electron chi connectivity index (χ0n) is 19.2. The Morgan fingerprint density at radius 3 is 1.28 bits per heavy atom. The smallest absolute Gasteiger partial charge is 0.262 e.